The van der Waals surface area contributed by atoms with Crippen LogP contribution in [0.4, 0.5) is 10.1 Å². The second-order valence-corrected chi connectivity index (χ2v) is 6.10. The first-order chi connectivity index (χ1) is 9.04. The summed E-state index contributed by atoms with van der Waals surface area (Å²) in [5.74, 6) is -0.189. The van der Waals surface area contributed by atoms with Crippen LogP contribution in [0.25, 0.3) is 0 Å². The predicted molar refractivity (Wildman–Crippen MR) is 87.4 cm³/mol. The molecule has 0 spiro atoms. The highest BCUT2D eigenvalue weighted by Gasteiger charge is 2.07. The molecule has 0 bridgehead atoms. The van der Waals surface area contributed by atoms with Gasteiger partial charge >= 0.3 is 0 Å². The van der Waals surface area contributed by atoms with Crippen molar-refractivity contribution in [2.75, 3.05) is 5.32 Å². The number of benzene rings is 2. The lowest BCUT2D eigenvalue weighted by Crippen LogP contribution is -2.18. The van der Waals surface area contributed by atoms with Crippen LogP contribution in [0.15, 0.2) is 42.5 Å². The first-order valence-electron chi connectivity index (χ1n) is 6.00. The Morgan fingerprint density at radius 3 is 2.74 bits per heavy atom. The van der Waals surface area contributed by atoms with Crippen molar-refractivity contribution in [3.05, 3.63) is 62.4 Å². The molecular weight excluding hydrogens is 376 g/mol. The summed E-state index contributed by atoms with van der Waals surface area (Å²) in [4.78, 5) is 0. The van der Waals surface area contributed by atoms with E-state index < -0.39 is 0 Å². The molecule has 1 atom stereocenters. The van der Waals surface area contributed by atoms with Crippen molar-refractivity contribution in [2.24, 2.45) is 0 Å². The maximum Gasteiger partial charge on any atom is 0.123 e. The lowest BCUT2D eigenvalue weighted by molar-refractivity contribution is 0.624. The summed E-state index contributed by atoms with van der Waals surface area (Å²) in [6.07, 6.45) is 0.774. The van der Waals surface area contributed by atoms with E-state index in [0.717, 1.165) is 26.3 Å². The highest BCUT2D eigenvalue weighted by molar-refractivity contribution is 14.1. The summed E-state index contributed by atoms with van der Waals surface area (Å²) in [5.41, 5.74) is 2.04. The van der Waals surface area contributed by atoms with Gasteiger partial charge in [0.25, 0.3) is 0 Å². The minimum absolute atomic E-state index is 0.189. The second kappa shape index (κ2) is 6.57. The molecule has 0 aliphatic rings. The molecule has 0 saturated heterocycles. The van der Waals surface area contributed by atoms with E-state index in [1.54, 1.807) is 12.1 Å². The molecule has 0 heterocycles. The topological polar surface area (TPSA) is 12.0 Å². The third-order valence-corrected chi connectivity index (χ3v) is 3.89. The molecule has 0 aliphatic carbocycles. The minimum atomic E-state index is -0.189. The van der Waals surface area contributed by atoms with Crippen LogP contribution in [0.3, 0.4) is 0 Å². The molecule has 0 radical (unpaired) electrons. The van der Waals surface area contributed by atoms with Crippen molar-refractivity contribution < 1.29 is 4.39 Å². The van der Waals surface area contributed by atoms with Gasteiger partial charge in [0.1, 0.15) is 5.82 Å². The number of nitrogens with one attached hydrogen (secondary N) is 1. The minimum Gasteiger partial charge on any atom is -0.381 e. The average Bonchev–Trinajstić information content (AvgIpc) is 2.33. The van der Waals surface area contributed by atoms with Crippen LogP contribution in [-0.2, 0) is 6.42 Å². The van der Waals surface area contributed by atoms with E-state index in [-0.39, 0.29) is 11.9 Å². The normalized spacial score (nSPS) is 12.2. The average molecular weight is 390 g/mol. The van der Waals surface area contributed by atoms with Gasteiger partial charge in [0, 0.05) is 20.3 Å². The van der Waals surface area contributed by atoms with E-state index in [1.807, 2.05) is 24.3 Å². The van der Waals surface area contributed by atoms with Crippen molar-refractivity contribution in [1.82, 2.24) is 0 Å². The summed E-state index contributed by atoms with van der Waals surface area (Å²) in [5, 5.41) is 4.15. The molecule has 19 heavy (non-hydrogen) atoms. The molecule has 0 aliphatic heterocycles. The zero-order valence-electron chi connectivity index (χ0n) is 10.5. The summed E-state index contributed by atoms with van der Waals surface area (Å²) in [7, 11) is 0. The van der Waals surface area contributed by atoms with Gasteiger partial charge in [-0.1, -0.05) is 23.7 Å². The Morgan fingerprint density at radius 1 is 1.26 bits per heavy atom. The Labute approximate surface area is 131 Å². The van der Waals surface area contributed by atoms with Gasteiger partial charge in [-0.15, -0.1) is 0 Å². The molecule has 1 N–H and O–H groups in total. The number of hydrogen-bond donors (Lipinski definition) is 1. The molecule has 0 saturated carbocycles. The predicted octanol–water partition coefficient (Wildman–Crippen LogP) is 5.13. The van der Waals surface area contributed by atoms with Crippen molar-refractivity contribution in [1.29, 1.82) is 0 Å². The maximum atomic E-state index is 13.1. The van der Waals surface area contributed by atoms with Crippen LogP contribution in [0.1, 0.15) is 12.5 Å². The highest BCUT2D eigenvalue weighted by atomic mass is 127. The van der Waals surface area contributed by atoms with Crippen molar-refractivity contribution >= 4 is 39.9 Å². The molecule has 2 aromatic carbocycles. The fourth-order valence-electron chi connectivity index (χ4n) is 1.94. The van der Waals surface area contributed by atoms with Gasteiger partial charge in [-0.3, -0.25) is 0 Å². The number of halogens is 3. The van der Waals surface area contributed by atoms with E-state index in [4.69, 9.17) is 11.6 Å². The van der Waals surface area contributed by atoms with Crippen LogP contribution in [0.5, 0.6) is 0 Å². The van der Waals surface area contributed by atoms with Gasteiger partial charge < -0.3 is 5.32 Å². The van der Waals surface area contributed by atoms with Crippen molar-refractivity contribution in [3.8, 4) is 0 Å². The fraction of sp³-hybridized carbons (Fsp3) is 0.200. The quantitative estimate of drug-likeness (QED) is 0.715. The Kier molecular flexibility index (Phi) is 5.05. The van der Waals surface area contributed by atoms with E-state index in [0.29, 0.717) is 0 Å². The largest absolute Gasteiger partial charge is 0.381 e. The first-order valence-corrected chi connectivity index (χ1v) is 7.46. The van der Waals surface area contributed by atoms with Gasteiger partial charge in [0.2, 0.25) is 0 Å². The molecule has 2 rings (SSSR count). The Hall–Kier alpha value is -0.810. The van der Waals surface area contributed by atoms with Crippen molar-refractivity contribution in [3.63, 3.8) is 0 Å². The molecule has 1 nitrogen and oxygen atoms in total. The van der Waals surface area contributed by atoms with Crippen LogP contribution in [0.2, 0.25) is 5.02 Å². The third-order valence-electron chi connectivity index (χ3n) is 2.76. The van der Waals surface area contributed by atoms with Gasteiger partial charge in [0.15, 0.2) is 0 Å². The Balaban J connectivity index is 2.03. The SMILES string of the molecule is CC(Cc1cccc(F)c1)Nc1ccc(Cl)cc1I. The lowest BCUT2D eigenvalue weighted by atomic mass is 10.1. The monoisotopic (exact) mass is 389 g/mol. The molecule has 0 fully saturated rings. The second-order valence-electron chi connectivity index (χ2n) is 4.50. The Morgan fingerprint density at radius 2 is 2.05 bits per heavy atom. The molecule has 1 unspecified atom stereocenters. The smallest absolute Gasteiger partial charge is 0.123 e. The van der Waals surface area contributed by atoms with E-state index in [1.165, 1.54) is 6.07 Å². The van der Waals surface area contributed by atoms with Gasteiger partial charge in [-0.25, -0.2) is 4.39 Å². The van der Waals surface area contributed by atoms with Crippen LogP contribution in [-0.4, -0.2) is 6.04 Å². The lowest BCUT2D eigenvalue weighted by Gasteiger charge is -2.16. The van der Waals surface area contributed by atoms with Gasteiger partial charge in [-0.2, -0.15) is 0 Å². The molecule has 0 amide bonds. The van der Waals surface area contributed by atoms with Crippen molar-refractivity contribution in [2.45, 2.75) is 19.4 Å². The standard InChI is InChI=1S/C15H14ClFIN/c1-10(7-11-3-2-4-13(17)8-11)19-15-6-5-12(16)9-14(15)18/h2-6,8-10,19H,7H2,1H3. The zero-order valence-corrected chi connectivity index (χ0v) is 13.4. The summed E-state index contributed by atoms with van der Waals surface area (Å²) >= 11 is 8.18. The molecule has 4 heteroatoms. The number of rotatable bonds is 4. The van der Waals surface area contributed by atoms with Crippen LogP contribution < -0.4 is 5.32 Å². The number of hydrogen-bond acceptors (Lipinski definition) is 1. The molecule has 100 valence electrons. The molecular formula is C15H14ClFIN. The first kappa shape index (κ1) is 14.6. The Bertz CT molecular complexity index is 574. The highest BCUT2D eigenvalue weighted by Crippen LogP contribution is 2.23. The van der Waals surface area contributed by atoms with Crippen LogP contribution >= 0.6 is 34.2 Å². The third kappa shape index (κ3) is 4.35. The summed E-state index contributed by atoms with van der Waals surface area (Å²) < 4.78 is 14.2. The van der Waals surface area contributed by atoms with E-state index in [9.17, 15) is 4.39 Å². The zero-order chi connectivity index (χ0) is 13.8. The molecule has 0 aromatic heterocycles. The van der Waals surface area contributed by atoms with E-state index >= 15 is 0 Å². The summed E-state index contributed by atoms with van der Waals surface area (Å²) in [6.45, 7) is 2.08. The fourth-order valence-corrected chi connectivity index (χ4v) is 2.97. The molecule has 2 aromatic rings. The number of anilines is 1. The van der Waals surface area contributed by atoms with Crippen LogP contribution in [0, 0.1) is 9.39 Å². The van der Waals surface area contributed by atoms with Gasteiger partial charge in [0.05, 0.1) is 0 Å². The van der Waals surface area contributed by atoms with E-state index in [2.05, 4.69) is 34.8 Å². The summed E-state index contributed by atoms with van der Waals surface area (Å²) in [6, 6.07) is 12.7. The maximum absolute atomic E-state index is 13.1. The van der Waals surface area contributed by atoms with Gasteiger partial charge in [-0.05, 0) is 71.8 Å².